The van der Waals surface area contributed by atoms with Crippen molar-refractivity contribution in [2.45, 2.75) is 0 Å². The van der Waals surface area contributed by atoms with Crippen LogP contribution < -0.4 is 0 Å². The predicted molar refractivity (Wildman–Crippen MR) is 307 cm³/mol. The lowest BCUT2D eigenvalue weighted by Crippen LogP contribution is -2.07. The van der Waals surface area contributed by atoms with Crippen molar-refractivity contribution in [3.8, 4) is 90.0 Å². The minimum Gasteiger partial charge on any atom is -0.307 e. The van der Waals surface area contributed by atoms with Crippen LogP contribution in [0.25, 0.3) is 134 Å². The molecule has 0 saturated heterocycles. The molecule has 0 aliphatic rings. The van der Waals surface area contributed by atoms with E-state index in [1.165, 1.54) is 11.1 Å². The summed E-state index contributed by atoms with van der Waals surface area (Å²) in [6.45, 7) is 0. The second-order valence-electron chi connectivity index (χ2n) is 18.8. The molecule has 5 nitrogen and oxygen atoms in total. The summed E-state index contributed by atoms with van der Waals surface area (Å²) in [7, 11) is 0. The number of rotatable bonds is 9. The normalized spacial score (nSPS) is 11.5. The van der Waals surface area contributed by atoms with Gasteiger partial charge in [-0.3, -0.25) is 4.57 Å². The smallest absolute Gasteiger partial charge is 0.238 e. The molecule has 0 amide bonds. The molecule has 0 aliphatic carbocycles. The van der Waals surface area contributed by atoms with Crippen LogP contribution in [0.2, 0.25) is 0 Å². The lowest BCUT2D eigenvalue weighted by molar-refractivity contribution is 0.953. The van der Waals surface area contributed by atoms with Gasteiger partial charge in [0.05, 0.1) is 22.1 Å². The van der Waals surface area contributed by atoms with Crippen LogP contribution >= 0.6 is 0 Å². The van der Waals surface area contributed by atoms with Gasteiger partial charge in [0.1, 0.15) is 0 Å². The molecule has 0 unspecified atom stereocenters. The number of para-hydroxylation sites is 3. The molecule has 0 N–H and O–H groups in total. The first-order valence-electron chi connectivity index (χ1n) is 25.1. The van der Waals surface area contributed by atoms with E-state index in [0.29, 0.717) is 17.6 Å². The molecular formula is C69H45N5. The maximum Gasteiger partial charge on any atom is 0.238 e. The maximum atomic E-state index is 5.55. The summed E-state index contributed by atoms with van der Waals surface area (Å²) in [5, 5.41) is 4.51. The van der Waals surface area contributed by atoms with E-state index in [9.17, 15) is 0 Å². The van der Waals surface area contributed by atoms with Crippen LogP contribution in [-0.2, 0) is 0 Å². The maximum absolute atomic E-state index is 5.55. The van der Waals surface area contributed by atoms with E-state index in [1.54, 1.807) is 0 Å². The minimum absolute atomic E-state index is 0.532. The highest BCUT2D eigenvalue weighted by molar-refractivity contribution is 6.28. The Morgan fingerprint density at radius 3 is 1.24 bits per heavy atom. The van der Waals surface area contributed by atoms with Gasteiger partial charge in [0.15, 0.2) is 11.6 Å². The number of benzene rings is 11. The lowest BCUT2D eigenvalue weighted by Gasteiger charge is -2.15. The summed E-state index contributed by atoms with van der Waals surface area (Å²) < 4.78 is 4.72. The Morgan fingerprint density at radius 1 is 0.243 bits per heavy atom. The third-order valence-electron chi connectivity index (χ3n) is 14.4. The van der Waals surface area contributed by atoms with Crippen LogP contribution in [0.1, 0.15) is 0 Å². The van der Waals surface area contributed by atoms with Crippen molar-refractivity contribution in [2.24, 2.45) is 0 Å². The summed E-state index contributed by atoms with van der Waals surface area (Å²) in [5.74, 6) is 1.70. The molecule has 0 spiro atoms. The van der Waals surface area contributed by atoms with Crippen molar-refractivity contribution in [3.63, 3.8) is 0 Å². The molecule has 0 atom stereocenters. The fraction of sp³-hybridized carbons (Fsp3) is 0. The summed E-state index contributed by atoms with van der Waals surface area (Å²) >= 11 is 0. The van der Waals surface area contributed by atoms with Gasteiger partial charge in [-0.2, -0.15) is 9.97 Å². The molecule has 3 aromatic heterocycles. The second-order valence-corrected chi connectivity index (χ2v) is 18.8. The topological polar surface area (TPSA) is 48.5 Å². The average Bonchev–Trinajstić information content (AvgIpc) is 4.05. The van der Waals surface area contributed by atoms with Crippen molar-refractivity contribution in [2.75, 3.05) is 0 Å². The Kier molecular flexibility index (Phi) is 10.4. The molecule has 14 rings (SSSR count). The first-order chi connectivity index (χ1) is 36.7. The van der Waals surface area contributed by atoms with E-state index in [0.717, 1.165) is 105 Å². The van der Waals surface area contributed by atoms with E-state index in [-0.39, 0.29) is 0 Å². The highest BCUT2D eigenvalue weighted by Gasteiger charge is 2.26. The molecule has 346 valence electrons. The van der Waals surface area contributed by atoms with E-state index in [1.807, 2.05) is 12.1 Å². The van der Waals surface area contributed by atoms with E-state index in [4.69, 9.17) is 15.0 Å². The minimum atomic E-state index is 0.532. The van der Waals surface area contributed by atoms with Gasteiger partial charge in [0.25, 0.3) is 0 Å². The third-order valence-corrected chi connectivity index (χ3v) is 14.4. The first-order valence-corrected chi connectivity index (χ1v) is 25.1. The summed E-state index contributed by atoms with van der Waals surface area (Å²) in [6, 6.07) is 97.2. The lowest BCUT2D eigenvalue weighted by atomic mass is 9.93. The second kappa shape index (κ2) is 18.0. The summed E-state index contributed by atoms with van der Waals surface area (Å²) in [6.07, 6.45) is 0. The van der Waals surface area contributed by atoms with Crippen LogP contribution in [0.3, 0.4) is 0 Å². The Bertz CT molecular complexity index is 4370. The van der Waals surface area contributed by atoms with Gasteiger partial charge in [-0.1, -0.05) is 231 Å². The van der Waals surface area contributed by atoms with Gasteiger partial charge in [0.2, 0.25) is 5.95 Å². The zero-order chi connectivity index (χ0) is 49.0. The SMILES string of the molecule is c1ccc(-c2ccc(-c3cccc(-c4cc5c6ccccc6n(-c6ccccc6)c5c5c4c4ccccc4n5-c4nc(-c5ccc(-c6ccccc6)cc5)nc(-c5cccc(-c6ccccc6)c5)n4)c3)cc2)cc1. The van der Waals surface area contributed by atoms with Gasteiger partial charge in [0, 0.05) is 38.4 Å². The fourth-order valence-electron chi connectivity index (χ4n) is 10.9. The van der Waals surface area contributed by atoms with Gasteiger partial charge in [-0.25, -0.2) is 4.98 Å². The van der Waals surface area contributed by atoms with Crippen molar-refractivity contribution in [1.82, 2.24) is 24.1 Å². The quantitative estimate of drug-likeness (QED) is 0.145. The number of hydrogen-bond acceptors (Lipinski definition) is 3. The highest BCUT2D eigenvalue weighted by Crippen LogP contribution is 2.47. The van der Waals surface area contributed by atoms with Crippen molar-refractivity contribution >= 4 is 43.6 Å². The average molecular weight is 944 g/mol. The van der Waals surface area contributed by atoms with E-state index >= 15 is 0 Å². The molecule has 0 fully saturated rings. The van der Waals surface area contributed by atoms with E-state index in [2.05, 4.69) is 270 Å². The Hall–Kier alpha value is -9.97. The predicted octanol–water partition coefficient (Wildman–Crippen LogP) is 17.7. The number of hydrogen-bond donors (Lipinski definition) is 0. The van der Waals surface area contributed by atoms with Crippen LogP contribution in [0.4, 0.5) is 0 Å². The fourth-order valence-corrected chi connectivity index (χ4v) is 10.9. The molecule has 14 aromatic rings. The molecule has 0 saturated carbocycles. The molecule has 0 aliphatic heterocycles. The Balaban J connectivity index is 1.06. The van der Waals surface area contributed by atoms with Gasteiger partial charge < -0.3 is 4.57 Å². The first kappa shape index (κ1) is 42.9. The van der Waals surface area contributed by atoms with Crippen LogP contribution in [0.15, 0.2) is 273 Å². The zero-order valence-corrected chi connectivity index (χ0v) is 40.2. The largest absolute Gasteiger partial charge is 0.307 e. The van der Waals surface area contributed by atoms with Gasteiger partial charge in [-0.05, 0) is 98.1 Å². The van der Waals surface area contributed by atoms with Crippen molar-refractivity contribution in [1.29, 1.82) is 0 Å². The third kappa shape index (κ3) is 7.46. The highest BCUT2D eigenvalue weighted by atomic mass is 15.2. The zero-order valence-electron chi connectivity index (χ0n) is 40.2. The molecule has 5 heteroatoms. The summed E-state index contributed by atoms with van der Waals surface area (Å²) in [4.78, 5) is 16.4. The van der Waals surface area contributed by atoms with Crippen molar-refractivity contribution < 1.29 is 0 Å². The number of aromatic nitrogens is 5. The number of nitrogens with zero attached hydrogens (tertiary/aromatic N) is 5. The molecule has 0 radical (unpaired) electrons. The monoisotopic (exact) mass is 943 g/mol. The Morgan fingerprint density at radius 2 is 0.649 bits per heavy atom. The summed E-state index contributed by atoms with van der Waals surface area (Å²) in [5.41, 5.74) is 18.5. The molecule has 0 bridgehead atoms. The van der Waals surface area contributed by atoms with Crippen LogP contribution in [-0.4, -0.2) is 24.1 Å². The van der Waals surface area contributed by atoms with Gasteiger partial charge in [-0.15, -0.1) is 0 Å². The molecular weight excluding hydrogens is 899 g/mol. The van der Waals surface area contributed by atoms with Crippen molar-refractivity contribution in [3.05, 3.63) is 273 Å². The van der Waals surface area contributed by atoms with Crippen LogP contribution in [0.5, 0.6) is 0 Å². The van der Waals surface area contributed by atoms with Crippen LogP contribution in [0, 0.1) is 0 Å². The standard InChI is InChI=1S/C69H45N5/c1-5-19-46(20-6-1)49-35-37-51(38-36-49)53-25-17-27-55(43-53)60-45-61-58-31-13-15-33-62(58)73(57-29-11-4-12-30-57)65(61)66-64(60)59-32-14-16-34-63(59)74(66)69-71-67(52-41-39-50(40-42-52)47-21-7-2-8-22-47)70-68(72-69)56-28-18-26-54(44-56)48-23-9-3-10-24-48/h1-45H. The number of fused-ring (bicyclic) bond motifs is 7. The van der Waals surface area contributed by atoms with Gasteiger partial charge >= 0.3 is 0 Å². The molecule has 3 heterocycles. The molecule has 11 aromatic carbocycles. The van der Waals surface area contributed by atoms with E-state index < -0.39 is 0 Å². The molecule has 74 heavy (non-hydrogen) atoms. The Labute approximate surface area is 428 Å².